The summed E-state index contributed by atoms with van der Waals surface area (Å²) in [6, 6.07) is 19.7. The lowest BCUT2D eigenvalue weighted by Crippen LogP contribution is -2.03. The second-order valence-corrected chi connectivity index (χ2v) is 7.02. The summed E-state index contributed by atoms with van der Waals surface area (Å²) in [6.07, 6.45) is 1.34. The van der Waals surface area contributed by atoms with Crippen molar-refractivity contribution in [3.8, 4) is 17.6 Å². The van der Waals surface area contributed by atoms with Gasteiger partial charge in [-0.25, -0.2) is 0 Å². The first-order valence-electron chi connectivity index (χ1n) is 9.38. The molecule has 0 fully saturated rings. The number of ketones is 1. The predicted octanol–water partition coefficient (Wildman–Crippen LogP) is 5.63. The molecule has 0 heterocycles. The average Bonchev–Trinajstić information content (AvgIpc) is 2.81. The first-order valence-corrected chi connectivity index (χ1v) is 9.76. The Morgan fingerprint density at radius 2 is 1.91 bits per heavy atom. The van der Waals surface area contributed by atoms with Crippen molar-refractivity contribution in [3.63, 3.8) is 0 Å². The molecule has 8 heteroatoms. The summed E-state index contributed by atoms with van der Waals surface area (Å²) < 4.78 is 11.2. The highest BCUT2D eigenvalue weighted by molar-refractivity contribution is 6.32. The number of carbonyl (C=O) groups is 1. The molecule has 32 heavy (non-hydrogen) atoms. The molecule has 0 atom stereocenters. The third-order valence-corrected chi connectivity index (χ3v) is 4.75. The molecule has 3 aromatic carbocycles. The molecule has 0 bridgehead atoms. The van der Waals surface area contributed by atoms with E-state index in [4.69, 9.17) is 21.1 Å². The van der Waals surface area contributed by atoms with E-state index in [1.54, 1.807) is 12.1 Å². The monoisotopic (exact) mass is 448 g/mol. The molecular weight excluding hydrogens is 432 g/mol. The number of non-ortho nitro benzene ring substituents is 1. The van der Waals surface area contributed by atoms with Crippen molar-refractivity contribution >= 4 is 29.1 Å². The average molecular weight is 449 g/mol. The number of rotatable bonds is 8. The van der Waals surface area contributed by atoms with E-state index in [9.17, 15) is 20.2 Å². The van der Waals surface area contributed by atoms with E-state index in [-0.39, 0.29) is 28.5 Å². The molecule has 7 nitrogen and oxygen atoms in total. The highest BCUT2D eigenvalue weighted by atomic mass is 35.5. The van der Waals surface area contributed by atoms with Crippen LogP contribution in [0.4, 0.5) is 5.69 Å². The number of carbonyl (C=O) groups excluding carboxylic acids is 1. The second kappa shape index (κ2) is 10.2. The van der Waals surface area contributed by atoms with Crippen LogP contribution in [0.5, 0.6) is 11.5 Å². The molecule has 0 unspecified atom stereocenters. The van der Waals surface area contributed by atoms with E-state index in [2.05, 4.69) is 0 Å². The Bertz CT molecular complexity index is 1230. The van der Waals surface area contributed by atoms with E-state index in [0.29, 0.717) is 17.1 Å². The van der Waals surface area contributed by atoms with Crippen LogP contribution in [-0.2, 0) is 6.61 Å². The van der Waals surface area contributed by atoms with Crippen LogP contribution < -0.4 is 9.47 Å². The Hall–Kier alpha value is -4.15. The fraction of sp³-hybridized carbons (Fsp3) is 0.0833. The molecule has 0 saturated heterocycles. The van der Waals surface area contributed by atoms with Gasteiger partial charge in [-0.3, -0.25) is 14.9 Å². The van der Waals surface area contributed by atoms with Crippen LogP contribution >= 0.6 is 11.6 Å². The number of halogens is 1. The fourth-order valence-electron chi connectivity index (χ4n) is 2.92. The molecule has 160 valence electrons. The normalized spacial score (nSPS) is 10.8. The quantitative estimate of drug-likeness (QED) is 0.145. The molecule has 0 aliphatic heterocycles. The van der Waals surface area contributed by atoms with Gasteiger partial charge in [-0.15, -0.1) is 0 Å². The Balaban J connectivity index is 1.90. The Kier molecular flexibility index (Phi) is 7.21. The third kappa shape index (κ3) is 5.31. The highest BCUT2D eigenvalue weighted by Crippen LogP contribution is 2.37. The number of hydrogen-bond acceptors (Lipinski definition) is 6. The maximum absolute atomic E-state index is 12.7. The molecule has 0 saturated carbocycles. The maximum Gasteiger partial charge on any atom is 0.270 e. The van der Waals surface area contributed by atoms with Crippen LogP contribution in [0.1, 0.15) is 21.5 Å². The summed E-state index contributed by atoms with van der Waals surface area (Å²) >= 11 is 6.38. The van der Waals surface area contributed by atoms with Gasteiger partial charge in [-0.05, 0) is 29.3 Å². The molecule has 0 aromatic heterocycles. The van der Waals surface area contributed by atoms with Crippen molar-refractivity contribution in [2.75, 3.05) is 7.11 Å². The zero-order valence-corrected chi connectivity index (χ0v) is 17.7. The number of nitrogens with zero attached hydrogens (tertiary/aromatic N) is 2. The van der Waals surface area contributed by atoms with Crippen molar-refractivity contribution in [2.45, 2.75) is 6.61 Å². The minimum absolute atomic E-state index is 0.0351. The second-order valence-electron chi connectivity index (χ2n) is 6.61. The summed E-state index contributed by atoms with van der Waals surface area (Å²) in [5, 5.41) is 20.7. The van der Waals surface area contributed by atoms with E-state index in [1.807, 2.05) is 36.4 Å². The van der Waals surface area contributed by atoms with E-state index in [1.165, 1.54) is 31.4 Å². The molecule has 3 aromatic rings. The summed E-state index contributed by atoms with van der Waals surface area (Å²) in [7, 11) is 1.45. The lowest BCUT2D eigenvalue weighted by Gasteiger charge is -2.13. The lowest BCUT2D eigenvalue weighted by molar-refractivity contribution is -0.384. The lowest BCUT2D eigenvalue weighted by atomic mass is 10.0. The first kappa shape index (κ1) is 22.5. The first-order chi connectivity index (χ1) is 15.4. The van der Waals surface area contributed by atoms with Crippen molar-refractivity contribution < 1.29 is 19.2 Å². The van der Waals surface area contributed by atoms with Crippen LogP contribution in [0, 0.1) is 21.4 Å². The van der Waals surface area contributed by atoms with Gasteiger partial charge in [-0.1, -0.05) is 54.1 Å². The zero-order chi connectivity index (χ0) is 23.1. The maximum atomic E-state index is 12.7. The van der Waals surface area contributed by atoms with Crippen molar-refractivity contribution in [1.82, 2.24) is 0 Å². The minimum atomic E-state index is -0.643. The molecule has 0 aliphatic carbocycles. The van der Waals surface area contributed by atoms with Gasteiger partial charge in [0.25, 0.3) is 5.69 Å². The summed E-state index contributed by atoms with van der Waals surface area (Å²) in [4.78, 5) is 23.1. The van der Waals surface area contributed by atoms with Crippen molar-refractivity contribution in [1.29, 1.82) is 5.26 Å². The fourth-order valence-corrected chi connectivity index (χ4v) is 3.20. The number of ether oxygens (including phenoxy) is 2. The molecule has 0 aliphatic rings. The number of benzene rings is 3. The van der Waals surface area contributed by atoms with E-state index in [0.717, 1.165) is 11.6 Å². The van der Waals surface area contributed by atoms with Gasteiger partial charge in [0.15, 0.2) is 11.5 Å². The molecule has 0 spiro atoms. The van der Waals surface area contributed by atoms with E-state index < -0.39 is 10.7 Å². The summed E-state index contributed by atoms with van der Waals surface area (Å²) in [5.74, 6) is 0.0224. The molecule has 3 rings (SSSR count). The van der Waals surface area contributed by atoms with Crippen molar-refractivity contribution in [2.24, 2.45) is 0 Å². The largest absolute Gasteiger partial charge is 0.493 e. The number of nitriles is 1. The third-order valence-electron chi connectivity index (χ3n) is 4.47. The summed E-state index contributed by atoms with van der Waals surface area (Å²) in [5.41, 5.74) is 0.977. The predicted molar refractivity (Wildman–Crippen MR) is 120 cm³/mol. The molecule has 0 N–H and O–H groups in total. The smallest absolute Gasteiger partial charge is 0.270 e. The van der Waals surface area contributed by atoms with Gasteiger partial charge >= 0.3 is 0 Å². The Morgan fingerprint density at radius 3 is 2.56 bits per heavy atom. The Labute approximate surface area is 189 Å². The Morgan fingerprint density at radius 1 is 1.16 bits per heavy atom. The van der Waals surface area contributed by atoms with Gasteiger partial charge in [0.05, 0.1) is 17.1 Å². The number of methoxy groups -OCH3 is 1. The SMILES string of the molecule is COc1cc(/C=C(\C#N)C(=O)c2cccc([N+](=O)[O-])c2)cc(Cl)c1OCc1ccccc1. The van der Waals surface area contributed by atoms with Gasteiger partial charge in [0, 0.05) is 17.7 Å². The molecular formula is C24H17ClN2O5. The number of hydrogen-bond donors (Lipinski definition) is 0. The van der Waals surface area contributed by atoms with Gasteiger partial charge < -0.3 is 9.47 Å². The number of Topliss-reactive ketones (excluding diaryl/α,β-unsaturated/α-hetero) is 1. The van der Waals surface area contributed by atoms with Crippen molar-refractivity contribution in [3.05, 3.63) is 104 Å². The number of allylic oxidation sites excluding steroid dienone is 1. The van der Waals surface area contributed by atoms with E-state index >= 15 is 0 Å². The summed E-state index contributed by atoms with van der Waals surface area (Å²) in [6.45, 7) is 0.279. The highest BCUT2D eigenvalue weighted by Gasteiger charge is 2.17. The van der Waals surface area contributed by atoms with Gasteiger partial charge in [-0.2, -0.15) is 5.26 Å². The number of nitro benzene ring substituents is 1. The van der Waals surface area contributed by atoms with Crippen LogP contribution in [0.25, 0.3) is 6.08 Å². The van der Waals surface area contributed by atoms with Crippen LogP contribution in [0.2, 0.25) is 5.02 Å². The zero-order valence-electron chi connectivity index (χ0n) is 16.9. The van der Waals surface area contributed by atoms with Gasteiger partial charge in [0.1, 0.15) is 18.2 Å². The minimum Gasteiger partial charge on any atom is -0.493 e. The molecule has 0 radical (unpaired) electrons. The standard InChI is InChI=1S/C24H17ClN2O5/c1-31-22-12-17(11-21(25)24(22)32-15-16-6-3-2-4-7-16)10-19(14-26)23(28)18-8-5-9-20(13-18)27(29)30/h2-13H,15H2,1H3/b19-10+. The molecule has 0 amide bonds. The van der Waals surface area contributed by atoms with Crippen LogP contribution in [0.3, 0.4) is 0 Å². The van der Waals surface area contributed by atoms with Crippen LogP contribution in [-0.4, -0.2) is 17.8 Å². The number of nitro groups is 1. The van der Waals surface area contributed by atoms with Crippen LogP contribution in [0.15, 0.2) is 72.3 Å². The van der Waals surface area contributed by atoms with Gasteiger partial charge in [0.2, 0.25) is 5.78 Å². The topological polar surface area (TPSA) is 102 Å².